The molecule has 3 N–H and O–H groups in total. The molecule has 104 valence electrons. The Balaban J connectivity index is 2.26. The molecule has 0 saturated carbocycles. The quantitative estimate of drug-likeness (QED) is 0.898. The maximum Gasteiger partial charge on any atom is 0.248 e. The van der Waals surface area contributed by atoms with Crippen LogP contribution in [-0.4, -0.2) is 5.91 Å². The monoisotopic (exact) mass is 268 g/mol. The SMILES string of the molecule is Cc1ccc(C)c(NC(=O)C(C)(N)c2ccccc2)c1. The van der Waals surface area contributed by atoms with E-state index in [4.69, 9.17) is 5.73 Å². The number of carbonyl (C=O) groups excluding carboxylic acids is 1. The van der Waals surface area contributed by atoms with E-state index >= 15 is 0 Å². The number of rotatable bonds is 3. The van der Waals surface area contributed by atoms with Crippen molar-refractivity contribution in [3.8, 4) is 0 Å². The second-order valence-electron chi connectivity index (χ2n) is 5.34. The second-order valence-corrected chi connectivity index (χ2v) is 5.34. The lowest BCUT2D eigenvalue weighted by atomic mass is 9.92. The molecular weight excluding hydrogens is 248 g/mol. The molecule has 0 aliphatic carbocycles. The van der Waals surface area contributed by atoms with Gasteiger partial charge in [-0.1, -0.05) is 42.5 Å². The molecule has 0 aliphatic rings. The maximum atomic E-state index is 12.5. The third-order valence-electron chi connectivity index (χ3n) is 3.49. The van der Waals surface area contributed by atoms with Gasteiger partial charge in [0.05, 0.1) is 0 Å². The molecule has 2 aromatic carbocycles. The number of amides is 1. The average molecular weight is 268 g/mol. The van der Waals surface area contributed by atoms with Gasteiger partial charge in [-0.15, -0.1) is 0 Å². The normalized spacial score (nSPS) is 13.6. The molecule has 1 unspecified atom stereocenters. The third kappa shape index (κ3) is 2.89. The highest BCUT2D eigenvalue weighted by molar-refractivity contribution is 5.98. The van der Waals surface area contributed by atoms with E-state index in [2.05, 4.69) is 5.32 Å². The van der Waals surface area contributed by atoms with Crippen LogP contribution >= 0.6 is 0 Å². The fourth-order valence-electron chi connectivity index (χ4n) is 2.04. The minimum absolute atomic E-state index is 0.211. The van der Waals surface area contributed by atoms with Gasteiger partial charge in [-0.05, 0) is 43.5 Å². The van der Waals surface area contributed by atoms with Crippen LogP contribution in [-0.2, 0) is 10.3 Å². The van der Waals surface area contributed by atoms with Crippen molar-refractivity contribution < 1.29 is 4.79 Å². The zero-order valence-electron chi connectivity index (χ0n) is 12.1. The standard InChI is InChI=1S/C17H20N2O/c1-12-9-10-13(2)15(11-12)19-16(20)17(3,18)14-7-5-4-6-8-14/h4-11H,18H2,1-3H3,(H,19,20). The van der Waals surface area contributed by atoms with E-state index in [0.29, 0.717) is 0 Å². The first kappa shape index (κ1) is 14.3. The summed E-state index contributed by atoms with van der Waals surface area (Å²) in [6.45, 7) is 5.68. The first-order valence-corrected chi connectivity index (χ1v) is 6.64. The van der Waals surface area contributed by atoms with Crippen molar-refractivity contribution >= 4 is 11.6 Å². The van der Waals surface area contributed by atoms with Gasteiger partial charge < -0.3 is 11.1 Å². The van der Waals surface area contributed by atoms with Crippen molar-refractivity contribution in [1.82, 2.24) is 0 Å². The number of nitrogens with one attached hydrogen (secondary N) is 1. The van der Waals surface area contributed by atoms with Gasteiger partial charge >= 0.3 is 0 Å². The van der Waals surface area contributed by atoms with Gasteiger partial charge in [-0.2, -0.15) is 0 Å². The van der Waals surface area contributed by atoms with Crippen molar-refractivity contribution in [2.45, 2.75) is 26.3 Å². The lowest BCUT2D eigenvalue weighted by Gasteiger charge is -2.24. The molecule has 2 aromatic rings. The first-order chi connectivity index (χ1) is 9.41. The van der Waals surface area contributed by atoms with Crippen molar-refractivity contribution in [2.24, 2.45) is 5.73 Å². The van der Waals surface area contributed by atoms with Crippen LogP contribution in [0.15, 0.2) is 48.5 Å². The molecule has 0 heterocycles. The molecule has 0 fully saturated rings. The predicted octanol–water partition coefficient (Wildman–Crippen LogP) is 3.12. The van der Waals surface area contributed by atoms with E-state index in [0.717, 1.165) is 22.4 Å². The maximum absolute atomic E-state index is 12.5. The molecule has 0 spiro atoms. The average Bonchev–Trinajstić information content (AvgIpc) is 2.43. The van der Waals surface area contributed by atoms with Gasteiger partial charge in [0.25, 0.3) is 0 Å². The molecule has 0 aliphatic heterocycles. The number of aryl methyl sites for hydroxylation is 2. The fourth-order valence-corrected chi connectivity index (χ4v) is 2.04. The second kappa shape index (κ2) is 5.47. The van der Waals surface area contributed by atoms with Crippen molar-refractivity contribution in [3.05, 3.63) is 65.2 Å². The minimum atomic E-state index is -1.06. The summed E-state index contributed by atoms with van der Waals surface area (Å²) in [6, 6.07) is 15.4. The zero-order chi connectivity index (χ0) is 14.8. The number of hydrogen-bond acceptors (Lipinski definition) is 2. The van der Waals surface area contributed by atoms with Crippen LogP contribution in [0.3, 0.4) is 0 Å². The number of carbonyl (C=O) groups is 1. The van der Waals surface area contributed by atoms with Crippen molar-refractivity contribution in [3.63, 3.8) is 0 Å². The molecule has 3 heteroatoms. The number of anilines is 1. The van der Waals surface area contributed by atoms with Gasteiger partial charge in [0.15, 0.2) is 0 Å². The fraction of sp³-hybridized carbons (Fsp3) is 0.235. The summed E-state index contributed by atoms with van der Waals surface area (Å²) in [4.78, 5) is 12.5. The van der Waals surface area contributed by atoms with E-state index in [1.54, 1.807) is 6.92 Å². The van der Waals surface area contributed by atoms with Crippen LogP contribution in [0, 0.1) is 13.8 Å². The van der Waals surface area contributed by atoms with Crippen LogP contribution < -0.4 is 11.1 Å². The smallest absolute Gasteiger partial charge is 0.248 e. The molecule has 3 nitrogen and oxygen atoms in total. The Morgan fingerprint density at radius 1 is 1.10 bits per heavy atom. The number of hydrogen-bond donors (Lipinski definition) is 2. The number of nitrogens with two attached hydrogens (primary N) is 1. The highest BCUT2D eigenvalue weighted by Crippen LogP contribution is 2.22. The van der Waals surface area contributed by atoms with E-state index in [1.165, 1.54) is 0 Å². The van der Waals surface area contributed by atoms with E-state index < -0.39 is 5.54 Å². The zero-order valence-corrected chi connectivity index (χ0v) is 12.1. The Labute approximate surface area is 119 Å². The topological polar surface area (TPSA) is 55.1 Å². The summed E-state index contributed by atoms with van der Waals surface area (Å²) in [5, 5.41) is 2.93. The van der Waals surface area contributed by atoms with Crippen LogP contribution in [0.5, 0.6) is 0 Å². The summed E-state index contributed by atoms with van der Waals surface area (Å²) >= 11 is 0. The van der Waals surface area contributed by atoms with Gasteiger partial charge in [0.1, 0.15) is 5.54 Å². The summed E-state index contributed by atoms with van der Waals surface area (Å²) in [6.07, 6.45) is 0. The van der Waals surface area contributed by atoms with Crippen LogP contribution in [0.25, 0.3) is 0 Å². The molecule has 20 heavy (non-hydrogen) atoms. The minimum Gasteiger partial charge on any atom is -0.324 e. The largest absolute Gasteiger partial charge is 0.324 e. The highest BCUT2D eigenvalue weighted by atomic mass is 16.2. The van der Waals surface area contributed by atoms with Crippen LogP contribution in [0.4, 0.5) is 5.69 Å². The van der Waals surface area contributed by atoms with Gasteiger partial charge in [0, 0.05) is 5.69 Å². The third-order valence-corrected chi connectivity index (χ3v) is 3.49. The van der Waals surface area contributed by atoms with Gasteiger partial charge in [0.2, 0.25) is 5.91 Å². The summed E-state index contributed by atoms with van der Waals surface area (Å²) in [7, 11) is 0. The van der Waals surface area contributed by atoms with Crippen LogP contribution in [0.2, 0.25) is 0 Å². The Bertz CT molecular complexity index is 618. The lowest BCUT2D eigenvalue weighted by molar-refractivity contribution is -0.120. The Morgan fingerprint density at radius 2 is 1.75 bits per heavy atom. The Hall–Kier alpha value is -2.13. The van der Waals surface area contributed by atoms with Gasteiger partial charge in [-0.25, -0.2) is 0 Å². The Morgan fingerprint density at radius 3 is 2.40 bits per heavy atom. The molecule has 0 bridgehead atoms. The van der Waals surface area contributed by atoms with E-state index in [9.17, 15) is 4.79 Å². The molecule has 0 radical (unpaired) electrons. The highest BCUT2D eigenvalue weighted by Gasteiger charge is 2.30. The molecule has 0 saturated heterocycles. The summed E-state index contributed by atoms with van der Waals surface area (Å²) in [5.74, 6) is -0.211. The Kier molecular flexibility index (Phi) is 3.91. The first-order valence-electron chi connectivity index (χ1n) is 6.64. The van der Waals surface area contributed by atoms with E-state index in [-0.39, 0.29) is 5.91 Å². The van der Waals surface area contributed by atoms with E-state index in [1.807, 2.05) is 62.4 Å². The summed E-state index contributed by atoms with van der Waals surface area (Å²) in [5.41, 5.74) is 8.87. The summed E-state index contributed by atoms with van der Waals surface area (Å²) < 4.78 is 0. The van der Waals surface area contributed by atoms with Crippen LogP contribution in [0.1, 0.15) is 23.6 Å². The molecule has 2 rings (SSSR count). The molecule has 0 aromatic heterocycles. The van der Waals surface area contributed by atoms with Crippen molar-refractivity contribution in [2.75, 3.05) is 5.32 Å². The van der Waals surface area contributed by atoms with Crippen molar-refractivity contribution in [1.29, 1.82) is 0 Å². The number of benzene rings is 2. The molecular formula is C17H20N2O. The lowest BCUT2D eigenvalue weighted by Crippen LogP contribution is -2.45. The van der Waals surface area contributed by atoms with Gasteiger partial charge in [-0.3, -0.25) is 4.79 Å². The predicted molar refractivity (Wildman–Crippen MR) is 82.5 cm³/mol. The molecule has 1 amide bonds. The molecule has 1 atom stereocenters.